The molecular formula is C16H21N3O3S. The number of hydrogen-bond donors (Lipinski definition) is 1. The van der Waals surface area contributed by atoms with Crippen LogP contribution in [-0.2, 0) is 14.8 Å². The van der Waals surface area contributed by atoms with E-state index in [1.54, 1.807) is 11.1 Å². The van der Waals surface area contributed by atoms with Crippen LogP contribution in [0.2, 0.25) is 0 Å². The third kappa shape index (κ3) is 4.49. The number of nitrogens with one attached hydrogen (secondary N) is 1. The van der Waals surface area contributed by atoms with Gasteiger partial charge in [-0.25, -0.2) is 13.1 Å². The van der Waals surface area contributed by atoms with Gasteiger partial charge in [0, 0.05) is 31.6 Å². The minimum Gasteiger partial charge on any atom is -0.309 e. The highest BCUT2D eigenvalue weighted by atomic mass is 32.2. The largest absolute Gasteiger partial charge is 0.309 e. The molecule has 23 heavy (non-hydrogen) atoms. The molecule has 2 aromatic rings. The van der Waals surface area contributed by atoms with E-state index in [2.05, 4.69) is 9.71 Å². The van der Waals surface area contributed by atoms with Gasteiger partial charge in [-0.15, -0.1) is 0 Å². The van der Waals surface area contributed by atoms with Crippen molar-refractivity contribution in [2.75, 3.05) is 23.7 Å². The molecule has 0 unspecified atom stereocenters. The number of carbonyl (C=O) groups excluding carboxylic acids is 1. The third-order valence-corrected chi connectivity index (χ3v) is 5.00. The predicted molar refractivity (Wildman–Crippen MR) is 91.9 cm³/mol. The van der Waals surface area contributed by atoms with Crippen molar-refractivity contribution >= 4 is 32.5 Å². The number of rotatable bonds is 7. The summed E-state index contributed by atoms with van der Waals surface area (Å²) in [6, 6.07) is 9.36. The second-order valence-corrected chi connectivity index (χ2v) is 7.16. The number of benzene rings is 1. The first-order chi connectivity index (χ1) is 10.9. The van der Waals surface area contributed by atoms with Crippen molar-refractivity contribution in [1.82, 2.24) is 9.71 Å². The smallest absolute Gasteiger partial charge is 0.223 e. The molecule has 0 spiro atoms. The molecule has 7 heteroatoms. The molecule has 1 aromatic heterocycles. The highest BCUT2D eigenvalue weighted by Crippen LogP contribution is 2.24. The number of hydrogen-bond acceptors (Lipinski definition) is 4. The Kier molecular flexibility index (Phi) is 5.68. The Morgan fingerprint density at radius 1 is 1.26 bits per heavy atom. The molecule has 0 saturated heterocycles. The zero-order valence-electron chi connectivity index (χ0n) is 13.3. The van der Waals surface area contributed by atoms with E-state index in [4.69, 9.17) is 0 Å². The van der Waals surface area contributed by atoms with Crippen LogP contribution < -0.4 is 9.62 Å². The van der Waals surface area contributed by atoms with E-state index in [9.17, 15) is 13.2 Å². The highest BCUT2D eigenvalue weighted by molar-refractivity contribution is 7.89. The Bertz CT molecular complexity index is 785. The first-order valence-electron chi connectivity index (χ1n) is 7.54. The lowest BCUT2D eigenvalue weighted by Crippen LogP contribution is -2.38. The summed E-state index contributed by atoms with van der Waals surface area (Å²) in [6.45, 7) is 3.70. The number of nitrogens with zero attached hydrogens (tertiary/aromatic N) is 2. The third-order valence-electron chi connectivity index (χ3n) is 3.41. The van der Waals surface area contributed by atoms with Crippen molar-refractivity contribution in [2.45, 2.75) is 20.3 Å². The number of carbonyl (C=O) groups is 1. The lowest BCUT2D eigenvalue weighted by atomic mass is 10.1. The van der Waals surface area contributed by atoms with Gasteiger partial charge < -0.3 is 4.90 Å². The maximum Gasteiger partial charge on any atom is 0.223 e. The molecule has 0 aliphatic rings. The van der Waals surface area contributed by atoms with E-state index in [1.807, 2.05) is 37.3 Å². The van der Waals surface area contributed by atoms with Crippen molar-refractivity contribution in [1.29, 1.82) is 0 Å². The summed E-state index contributed by atoms with van der Waals surface area (Å²) >= 11 is 0. The Morgan fingerprint density at radius 3 is 2.70 bits per heavy atom. The Morgan fingerprint density at radius 2 is 2.00 bits per heavy atom. The van der Waals surface area contributed by atoms with E-state index in [1.165, 1.54) is 6.92 Å². The summed E-state index contributed by atoms with van der Waals surface area (Å²) in [4.78, 5) is 17.9. The van der Waals surface area contributed by atoms with Crippen LogP contribution in [0.5, 0.6) is 0 Å². The Balaban J connectivity index is 2.20. The quantitative estimate of drug-likeness (QED) is 0.838. The van der Waals surface area contributed by atoms with Gasteiger partial charge in [0.15, 0.2) is 0 Å². The van der Waals surface area contributed by atoms with Crippen molar-refractivity contribution < 1.29 is 13.2 Å². The van der Waals surface area contributed by atoms with Crippen LogP contribution >= 0.6 is 0 Å². The van der Waals surface area contributed by atoms with E-state index in [0.29, 0.717) is 12.1 Å². The van der Waals surface area contributed by atoms with Crippen LogP contribution in [0, 0.1) is 0 Å². The van der Waals surface area contributed by atoms with Crippen molar-refractivity contribution in [3.63, 3.8) is 0 Å². The number of aromatic nitrogens is 1. The molecule has 2 rings (SSSR count). The van der Waals surface area contributed by atoms with Gasteiger partial charge in [0.2, 0.25) is 15.9 Å². The maximum absolute atomic E-state index is 12.0. The summed E-state index contributed by atoms with van der Waals surface area (Å²) in [5.74, 6) is -0.0686. The molecular weight excluding hydrogens is 314 g/mol. The number of fused-ring (bicyclic) bond motifs is 1. The Labute approximate surface area is 136 Å². The Hall–Kier alpha value is -1.99. The van der Waals surface area contributed by atoms with Gasteiger partial charge in [0.05, 0.1) is 17.0 Å². The molecule has 0 radical (unpaired) electrons. The number of anilines is 1. The molecule has 124 valence electrons. The molecule has 0 aliphatic heterocycles. The molecule has 6 nitrogen and oxygen atoms in total. The monoisotopic (exact) mass is 335 g/mol. The van der Waals surface area contributed by atoms with Crippen LogP contribution in [0.3, 0.4) is 0 Å². The molecule has 1 heterocycles. The summed E-state index contributed by atoms with van der Waals surface area (Å²) < 4.78 is 25.9. The van der Waals surface area contributed by atoms with Crippen LogP contribution in [-0.4, -0.2) is 38.2 Å². The second kappa shape index (κ2) is 7.52. The van der Waals surface area contributed by atoms with Crippen LogP contribution in [0.1, 0.15) is 20.3 Å². The lowest BCUT2D eigenvalue weighted by Gasteiger charge is -2.22. The summed E-state index contributed by atoms with van der Waals surface area (Å²) in [5.41, 5.74) is 1.41. The van der Waals surface area contributed by atoms with E-state index >= 15 is 0 Å². The summed E-state index contributed by atoms with van der Waals surface area (Å²) in [5, 5.41) is 0.933. The van der Waals surface area contributed by atoms with Crippen molar-refractivity contribution in [3.05, 3.63) is 36.5 Å². The lowest BCUT2D eigenvalue weighted by molar-refractivity contribution is -0.116. The summed E-state index contributed by atoms with van der Waals surface area (Å²) in [6.07, 6.45) is 2.23. The van der Waals surface area contributed by atoms with Crippen LogP contribution in [0.15, 0.2) is 36.5 Å². The number of pyridine rings is 1. The second-order valence-electron chi connectivity index (χ2n) is 5.24. The predicted octanol–water partition coefficient (Wildman–Crippen LogP) is 1.92. The fourth-order valence-corrected chi connectivity index (χ4v) is 3.49. The maximum atomic E-state index is 12.0. The summed E-state index contributed by atoms with van der Waals surface area (Å²) in [7, 11) is -3.28. The van der Waals surface area contributed by atoms with E-state index in [-0.39, 0.29) is 24.7 Å². The van der Waals surface area contributed by atoms with Gasteiger partial charge in [-0.3, -0.25) is 9.78 Å². The van der Waals surface area contributed by atoms with Gasteiger partial charge in [-0.1, -0.05) is 25.1 Å². The molecule has 1 amide bonds. The number of amides is 1. The zero-order chi connectivity index (χ0) is 16.9. The molecule has 0 bridgehead atoms. The number of para-hydroxylation sites is 1. The normalized spacial score (nSPS) is 11.6. The molecule has 0 fully saturated rings. The average molecular weight is 335 g/mol. The highest BCUT2D eigenvalue weighted by Gasteiger charge is 2.16. The standard InChI is InChI=1S/C16H21N3O3S/c1-3-12-23(21,22)18-10-11-19(13(2)20)15-8-4-6-14-7-5-9-17-16(14)15/h4-9,18H,3,10-12H2,1-2H3. The number of sulfonamides is 1. The molecule has 0 aliphatic carbocycles. The first kappa shape index (κ1) is 17.4. The molecule has 0 saturated carbocycles. The van der Waals surface area contributed by atoms with Gasteiger partial charge >= 0.3 is 0 Å². The van der Waals surface area contributed by atoms with E-state index < -0.39 is 10.0 Å². The minimum absolute atomic E-state index is 0.0862. The minimum atomic E-state index is -3.28. The topological polar surface area (TPSA) is 79.4 Å². The van der Waals surface area contributed by atoms with Gasteiger partial charge in [0.25, 0.3) is 0 Å². The first-order valence-corrected chi connectivity index (χ1v) is 9.19. The fraction of sp³-hybridized carbons (Fsp3) is 0.375. The van der Waals surface area contributed by atoms with E-state index in [0.717, 1.165) is 10.9 Å². The van der Waals surface area contributed by atoms with Crippen molar-refractivity contribution in [3.8, 4) is 0 Å². The molecule has 0 atom stereocenters. The SMILES string of the molecule is CCCS(=O)(=O)NCCN(C(C)=O)c1cccc2cccnc12. The van der Waals surface area contributed by atoms with Crippen molar-refractivity contribution in [2.24, 2.45) is 0 Å². The average Bonchev–Trinajstić information content (AvgIpc) is 2.51. The molecule has 1 aromatic carbocycles. The fourth-order valence-electron chi connectivity index (χ4n) is 2.41. The van der Waals surface area contributed by atoms with Gasteiger partial charge in [0.1, 0.15) is 0 Å². The zero-order valence-corrected chi connectivity index (χ0v) is 14.1. The van der Waals surface area contributed by atoms with Crippen LogP contribution in [0.4, 0.5) is 5.69 Å². The van der Waals surface area contributed by atoms with Gasteiger partial charge in [-0.05, 0) is 18.6 Å². The molecule has 1 N–H and O–H groups in total. The van der Waals surface area contributed by atoms with Gasteiger partial charge in [-0.2, -0.15) is 0 Å². The van der Waals surface area contributed by atoms with Crippen LogP contribution in [0.25, 0.3) is 10.9 Å².